The number of hydrogen-bond acceptors (Lipinski definition) is 2. The Labute approximate surface area is 112 Å². The fourth-order valence-corrected chi connectivity index (χ4v) is 1.99. The van der Waals surface area contributed by atoms with Crippen LogP contribution in [0.15, 0.2) is 47.4 Å². The number of rotatable bonds is 4. The third-order valence-corrected chi connectivity index (χ3v) is 3.19. The number of carbonyl (C=O) groups excluding carboxylic acids is 1. The fourth-order valence-electron chi connectivity index (χ4n) is 1.99. The molecule has 0 spiro atoms. The molecule has 0 aliphatic heterocycles. The van der Waals surface area contributed by atoms with E-state index in [0.29, 0.717) is 0 Å². The summed E-state index contributed by atoms with van der Waals surface area (Å²) in [6, 6.07) is 11.1. The second-order valence-electron chi connectivity index (χ2n) is 4.60. The van der Waals surface area contributed by atoms with Crippen LogP contribution in [0.3, 0.4) is 0 Å². The van der Waals surface area contributed by atoms with Crippen molar-refractivity contribution in [3.63, 3.8) is 0 Å². The number of aryl methyl sites for hydroxylation is 2. The van der Waals surface area contributed by atoms with Crippen molar-refractivity contribution in [2.24, 2.45) is 7.05 Å². The van der Waals surface area contributed by atoms with Crippen LogP contribution in [0, 0.1) is 13.3 Å². The number of hydrogen-bond donors (Lipinski definition) is 0. The fraction of sp³-hybridized carbons (Fsp3) is 0.188. The van der Waals surface area contributed by atoms with Gasteiger partial charge in [-0.2, -0.15) is 0 Å². The number of carbonyl (C=O) groups is 1. The first-order chi connectivity index (χ1) is 9.11. The Morgan fingerprint density at radius 3 is 2.53 bits per heavy atom. The normalized spacial score (nSPS) is 12.1. The monoisotopic (exact) mass is 254 g/mol. The molecule has 1 heterocycles. The standard InChI is InChI=1S/C16H16NO2/c1-12-5-3-4-6-13(12)9-15(11-18)14-7-8-16(19)17(2)10-14/h3-11,15H,1-2H3. The van der Waals surface area contributed by atoms with Gasteiger partial charge < -0.3 is 9.36 Å². The first-order valence-corrected chi connectivity index (χ1v) is 6.14. The van der Waals surface area contributed by atoms with E-state index in [1.54, 1.807) is 19.3 Å². The van der Waals surface area contributed by atoms with E-state index < -0.39 is 0 Å². The molecule has 1 aromatic heterocycles. The van der Waals surface area contributed by atoms with Crippen molar-refractivity contribution in [2.75, 3.05) is 0 Å². The van der Waals surface area contributed by atoms with E-state index in [0.717, 1.165) is 23.0 Å². The lowest BCUT2D eigenvalue weighted by molar-refractivity contribution is -0.108. The van der Waals surface area contributed by atoms with E-state index in [9.17, 15) is 9.59 Å². The molecule has 0 saturated carbocycles. The summed E-state index contributed by atoms with van der Waals surface area (Å²) in [4.78, 5) is 22.7. The van der Waals surface area contributed by atoms with Crippen molar-refractivity contribution in [1.29, 1.82) is 0 Å². The summed E-state index contributed by atoms with van der Waals surface area (Å²) in [5.41, 5.74) is 2.90. The maximum atomic E-state index is 11.4. The van der Waals surface area contributed by atoms with Crippen molar-refractivity contribution >= 4 is 6.29 Å². The summed E-state index contributed by atoms with van der Waals surface area (Å²) in [5.74, 6) is -0.340. The Bertz CT molecular complexity index is 643. The summed E-state index contributed by atoms with van der Waals surface area (Å²) >= 11 is 0. The summed E-state index contributed by atoms with van der Waals surface area (Å²) in [6.07, 6.45) is 4.52. The first-order valence-electron chi connectivity index (χ1n) is 6.14. The molecule has 0 fully saturated rings. The minimum Gasteiger partial charge on any atom is -0.318 e. The van der Waals surface area contributed by atoms with E-state index in [4.69, 9.17) is 0 Å². The highest BCUT2D eigenvalue weighted by atomic mass is 16.1. The molecule has 3 heteroatoms. The van der Waals surface area contributed by atoms with E-state index in [-0.39, 0.29) is 11.5 Å². The van der Waals surface area contributed by atoms with Gasteiger partial charge in [0.25, 0.3) is 0 Å². The van der Waals surface area contributed by atoms with Gasteiger partial charge in [-0.15, -0.1) is 0 Å². The Hall–Kier alpha value is -2.16. The molecule has 0 bridgehead atoms. The molecule has 0 N–H and O–H groups in total. The first kappa shape index (κ1) is 13.3. The smallest absolute Gasteiger partial charge is 0.250 e. The largest absolute Gasteiger partial charge is 0.318 e. The van der Waals surface area contributed by atoms with Gasteiger partial charge >= 0.3 is 0 Å². The van der Waals surface area contributed by atoms with Crippen LogP contribution < -0.4 is 5.56 Å². The summed E-state index contributed by atoms with van der Waals surface area (Å²) in [6.45, 7) is 2.01. The highest BCUT2D eigenvalue weighted by Gasteiger charge is 2.13. The number of aromatic nitrogens is 1. The van der Waals surface area contributed by atoms with Gasteiger partial charge in [0.05, 0.1) is 0 Å². The third kappa shape index (κ3) is 2.99. The van der Waals surface area contributed by atoms with Gasteiger partial charge in [0.15, 0.2) is 0 Å². The maximum Gasteiger partial charge on any atom is 0.250 e. The molecule has 1 radical (unpaired) electrons. The van der Waals surface area contributed by atoms with E-state index in [2.05, 4.69) is 0 Å². The highest BCUT2D eigenvalue weighted by molar-refractivity contribution is 5.66. The predicted molar refractivity (Wildman–Crippen MR) is 75.1 cm³/mol. The van der Waals surface area contributed by atoms with Crippen LogP contribution in [0.4, 0.5) is 0 Å². The SMILES string of the molecule is Cc1ccccc1[CH]C(C=O)c1ccc(=O)n(C)c1. The zero-order valence-corrected chi connectivity index (χ0v) is 11.0. The van der Waals surface area contributed by atoms with Crippen LogP contribution in [0.2, 0.25) is 0 Å². The highest BCUT2D eigenvalue weighted by Crippen LogP contribution is 2.22. The van der Waals surface area contributed by atoms with Gasteiger partial charge in [0, 0.05) is 31.6 Å². The van der Waals surface area contributed by atoms with Crippen LogP contribution in [0.1, 0.15) is 22.6 Å². The Kier molecular flexibility index (Phi) is 3.95. The quantitative estimate of drug-likeness (QED) is 0.785. The molecule has 0 amide bonds. The number of pyridine rings is 1. The second-order valence-corrected chi connectivity index (χ2v) is 4.60. The number of benzene rings is 1. The minimum atomic E-state index is -0.340. The number of nitrogens with zero attached hydrogens (tertiary/aromatic N) is 1. The molecule has 1 aromatic carbocycles. The van der Waals surface area contributed by atoms with Crippen LogP contribution in [0.25, 0.3) is 0 Å². The average Bonchev–Trinajstić information content (AvgIpc) is 2.41. The molecule has 0 saturated heterocycles. The molecular weight excluding hydrogens is 238 g/mol. The lowest BCUT2D eigenvalue weighted by atomic mass is 9.92. The topological polar surface area (TPSA) is 39.1 Å². The summed E-state index contributed by atoms with van der Waals surface area (Å²) < 4.78 is 1.48. The van der Waals surface area contributed by atoms with E-state index in [1.807, 2.05) is 37.6 Å². The van der Waals surface area contributed by atoms with Crippen LogP contribution in [-0.2, 0) is 11.8 Å². The predicted octanol–water partition coefficient (Wildman–Crippen LogP) is 2.23. The molecule has 3 nitrogen and oxygen atoms in total. The summed E-state index contributed by atoms with van der Waals surface area (Å²) in [7, 11) is 1.68. The van der Waals surface area contributed by atoms with E-state index in [1.165, 1.54) is 10.6 Å². The molecule has 1 atom stereocenters. The lowest BCUT2D eigenvalue weighted by Crippen LogP contribution is -2.16. The van der Waals surface area contributed by atoms with Gasteiger partial charge in [-0.25, -0.2) is 0 Å². The zero-order chi connectivity index (χ0) is 13.8. The maximum absolute atomic E-state index is 11.4. The summed E-state index contributed by atoms with van der Waals surface area (Å²) in [5, 5.41) is 0. The molecule has 2 aromatic rings. The molecule has 97 valence electrons. The van der Waals surface area contributed by atoms with Crippen LogP contribution in [0.5, 0.6) is 0 Å². The molecule has 0 aliphatic rings. The lowest BCUT2D eigenvalue weighted by Gasteiger charge is -2.13. The average molecular weight is 254 g/mol. The van der Waals surface area contributed by atoms with Gasteiger partial charge in [-0.05, 0) is 23.6 Å². The van der Waals surface area contributed by atoms with E-state index >= 15 is 0 Å². The number of aldehydes is 1. The second kappa shape index (κ2) is 5.65. The van der Waals surface area contributed by atoms with Crippen molar-refractivity contribution in [3.05, 3.63) is 76.1 Å². The van der Waals surface area contributed by atoms with Gasteiger partial charge in [0.1, 0.15) is 6.29 Å². The molecule has 19 heavy (non-hydrogen) atoms. The van der Waals surface area contributed by atoms with Gasteiger partial charge in [-0.3, -0.25) is 4.79 Å². The molecule has 2 rings (SSSR count). The van der Waals surface area contributed by atoms with Crippen molar-refractivity contribution < 1.29 is 4.79 Å². The Morgan fingerprint density at radius 1 is 1.16 bits per heavy atom. The van der Waals surface area contributed by atoms with Gasteiger partial charge in [0.2, 0.25) is 5.56 Å². The van der Waals surface area contributed by atoms with Crippen molar-refractivity contribution in [1.82, 2.24) is 4.57 Å². The molecule has 0 aliphatic carbocycles. The Morgan fingerprint density at radius 2 is 1.89 bits per heavy atom. The van der Waals surface area contributed by atoms with Gasteiger partial charge in [-0.1, -0.05) is 30.3 Å². The van der Waals surface area contributed by atoms with Crippen LogP contribution in [-0.4, -0.2) is 10.9 Å². The third-order valence-electron chi connectivity index (χ3n) is 3.19. The Balaban J connectivity index is 2.30. The van der Waals surface area contributed by atoms with Crippen molar-refractivity contribution in [3.8, 4) is 0 Å². The molecule has 1 unspecified atom stereocenters. The van der Waals surface area contributed by atoms with Crippen LogP contribution >= 0.6 is 0 Å². The zero-order valence-electron chi connectivity index (χ0n) is 11.0. The van der Waals surface area contributed by atoms with Crippen molar-refractivity contribution in [2.45, 2.75) is 12.8 Å². The minimum absolute atomic E-state index is 0.0794. The molecular formula is C16H16NO2.